The van der Waals surface area contributed by atoms with Gasteiger partial charge in [0.1, 0.15) is 15.6 Å². The molecule has 1 unspecified atom stereocenters. The van der Waals surface area contributed by atoms with E-state index in [4.69, 9.17) is 21.4 Å². The van der Waals surface area contributed by atoms with Crippen molar-refractivity contribution in [3.63, 3.8) is 0 Å². The van der Waals surface area contributed by atoms with E-state index in [1.165, 1.54) is 7.11 Å². The van der Waals surface area contributed by atoms with Crippen molar-refractivity contribution < 1.29 is 19.4 Å². The van der Waals surface area contributed by atoms with Crippen LogP contribution in [0, 0.1) is 6.92 Å². The zero-order valence-corrected chi connectivity index (χ0v) is 14.3. The van der Waals surface area contributed by atoms with Crippen molar-refractivity contribution in [1.82, 2.24) is 10.3 Å². The van der Waals surface area contributed by atoms with Crippen molar-refractivity contribution in [2.45, 2.75) is 19.9 Å². The first-order valence-corrected chi connectivity index (χ1v) is 7.88. The number of halogens is 1. The number of thiazole rings is 1. The van der Waals surface area contributed by atoms with Crippen LogP contribution in [0.4, 0.5) is 0 Å². The maximum atomic E-state index is 12.4. The molecule has 2 aromatic rings. The lowest BCUT2D eigenvalue weighted by molar-refractivity contribution is 0.0700. The molecule has 2 N–H and O–H groups in total. The minimum absolute atomic E-state index is 0.171. The van der Waals surface area contributed by atoms with Gasteiger partial charge in [-0.1, -0.05) is 11.6 Å². The lowest BCUT2D eigenvalue weighted by Crippen LogP contribution is -2.27. The van der Waals surface area contributed by atoms with Gasteiger partial charge in [-0.2, -0.15) is 0 Å². The number of hydrogen-bond donors (Lipinski definition) is 2. The molecular weight excluding hydrogens is 340 g/mol. The number of amides is 1. The van der Waals surface area contributed by atoms with E-state index in [0.29, 0.717) is 27.0 Å². The summed E-state index contributed by atoms with van der Waals surface area (Å²) in [5.74, 6) is -1.01. The van der Waals surface area contributed by atoms with Crippen LogP contribution in [0.25, 0.3) is 0 Å². The predicted octanol–water partition coefficient (Wildman–Crippen LogP) is 3.30. The molecular formula is C15H15ClN2O4S. The van der Waals surface area contributed by atoms with Gasteiger partial charge in [0.05, 0.1) is 24.4 Å². The predicted molar refractivity (Wildman–Crippen MR) is 87.7 cm³/mol. The topological polar surface area (TPSA) is 88.5 Å². The number of rotatable bonds is 5. The van der Waals surface area contributed by atoms with Crippen LogP contribution in [-0.4, -0.2) is 29.1 Å². The van der Waals surface area contributed by atoms with Crippen molar-refractivity contribution in [3.8, 4) is 5.75 Å². The average Bonchev–Trinajstić information content (AvgIpc) is 2.89. The number of carboxylic acid groups (broad SMARTS) is 1. The van der Waals surface area contributed by atoms with Crippen LogP contribution in [0.3, 0.4) is 0 Å². The largest absolute Gasteiger partial charge is 0.496 e. The Hall–Kier alpha value is -2.12. The number of nitrogens with zero attached hydrogens (tertiary/aromatic N) is 1. The number of nitrogens with one attached hydrogen (secondary N) is 1. The van der Waals surface area contributed by atoms with Gasteiger partial charge in [0.15, 0.2) is 0 Å². The maximum Gasteiger partial charge on any atom is 0.347 e. The Morgan fingerprint density at radius 3 is 2.70 bits per heavy atom. The lowest BCUT2D eigenvalue weighted by atomic mass is 10.1. The lowest BCUT2D eigenvalue weighted by Gasteiger charge is -2.13. The second-order valence-corrected chi connectivity index (χ2v) is 6.28. The second-order valence-electron chi connectivity index (χ2n) is 4.81. The summed E-state index contributed by atoms with van der Waals surface area (Å²) in [5, 5.41) is 12.8. The van der Waals surface area contributed by atoms with E-state index in [0.717, 1.165) is 11.3 Å². The third-order valence-corrected chi connectivity index (χ3v) is 4.70. The maximum absolute atomic E-state index is 12.4. The molecule has 0 saturated carbocycles. The Morgan fingerprint density at radius 1 is 1.43 bits per heavy atom. The summed E-state index contributed by atoms with van der Waals surface area (Å²) in [6.45, 7) is 3.37. The molecule has 0 aliphatic heterocycles. The normalized spacial score (nSPS) is 11.8. The zero-order chi connectivity index (χ0) is 17.1. The van der Waals surface area contributed by atoms with Gasteiger partial charge >= 0.3 is 5.97 Å². The van der Waals surface area contributed by atoms with E-state index in [1.807, 2.05) is 0 Å². The van der Waals surface area contributed by atoms with E-state index >= 15 is 0 Å². The first-order chi connectivity index (χ1) is 10.8. The van der Waals surface area contributed by atoms with Crippen LogP contribution < -0.4 is 10.1 Å². The van der Waals surface area contributed by atoms with Crippen LogP contribution in [0.15, 0.2) is 18.2 Å². The quantitative estimate of drug-likeness (QED) is 0.860. The van der Waals surface area contributed by atoms with Crippen molar-refractivity contribution in [1.29, 1.82) is 0 Å². The fourth-order valence-electron chi connectivity index (χ4n) is 1.99. The minimum Gasteiger partial charge on any atom is -0.496 e. The molecule has 1 aromatic heterocycles. The number of aromatic carboxylic acids is 1. The number of carboxylic acids is 1. The number of benzene rings is 1. The summed E-state index contributed by atoms with van der Waals surface area (Å²) in [5.41, 5.74) is 0.776. The molecule has 1 aromatic carbocycles. The van der Waals surface area contributed by atoms with Gasteiger partial charge in [0.25, 0.3) is 5.91 Å². The van der Waals surface area contributed by atoms with Gasteiger partial charge in [-0.05, 0) is 32.0 Å². The zero-order valence-electron chi connectivity index (χ0n) is 12.7. The van der Waals surface area contributed by atoms with Crippen molar-refractivity contribution in [2.24, 2.45) is 0 Å². The molecule has 122 valence electrons. The first kappa shape index (κ1) is 17.2. The Morgan fingerprint density at radius 2 is 2.13 bits per heavy atom. The fourth-order valence-corrected chi connectivity index (χ4v) is 3.06. The van der Waals surface area contributed by atoms with Gasteiger partial charge in [-0.25, -0.2) is 9.78 Å². The van der Waals surface area contributed by atoms with E-state index in [1.54, 1.807) is 32.0 Å². The van der Waals surface area contributed by atoms with E-state index in [-0.39, 0.29) is 10.8 Å². The highest BCUT2D eigenvalue weighted by atomic mass is 35.5. The van der Waals surface area contributed by atoms with Crippen LogP contribution in [0.2, 0.25) is 5.02 Å². The monoisotopic (exact) mass is 354 g/mol. The first-order valence-electron chi connectivity index (χ1n) is 6.68. The second kappa shape index (κ2) is 6.97. The highest BCUT2D eigenvalue weighted by Gasteiger charge is 2.21. The Bertz CT molecular complexity index is 760. The van der Waals surface area contributed by atoms with Gasteiger partial charge in [0.2, 0.25) is 0 Å². The number of carbonyl (C=O) groups excluding carboxylic acids is 1. The summed E-state index contributed by atoms with van der Waals surface area (Å²) in [6, 6.07) is 4.29. The molecule has 0 bridgehead atoms. The summed E-state index contributed by atoms with van der Waals surface area (Å²) < 4.78 is 5.15. The van der Waals surface area contributed by atoms with Crippen LogP contribution >= 0.6 is 22.9 Å². The molecule has 1 heterocycles. The molecule has 0 fully saturated rings. The SMILES string of the molecule is COc1cc(Cl)ccc1C(=O)NC(C)c1nc(C)c(C(=O)O)s1. The Kier molecular flexibility index (Phi) is 5.23. The van der Waals surface area contributed by atoms with Crippen molar-refractivity contribution >= 4 is 34.8 Å². The molecule has 0 saturated heterocycles. The smallest absolute Gasteiger partial charge is 0.347 e. The number of aromatic nitrogens is 1. The van der Waals surface area contributed by atoms with Crippen LogP contribution in [0.5, 0.6) is 5.75 Å². The summed E-state index contributed by atoms with van der Waals surface area (Å²) in [7, 11) is 1.45. The van der Waals surface area contributed by atoms with Crippen LogP contribution in [-0.2, 0) is 0 Å². The Balaban J connectivity index is 2.20. The summed E-state index contributed by atoms with van der Waals surface area (Å²) in [6.07, 6.45) is 0. The molecule has 8 heteroatoms. The van der Waals surface area contributed by atoms with Crippen LogP contribution in [0.1, 0.15) is 43.7 Å². The third-order valence-electron chi connectivity index (χ3n) is 3.13. The van der Waals surface area contributed by atoms with E-state index in [9.17, 15) is 9.59 Å². The molecule has 1 amide bonds. The highest BCUT2D eigenvalue weighted by molar-refractivity contribution is 7.13. The molecule has 0 aliphatic carbocycles. The van der Waals surface area contributed by atoms with Gasteiger partial charge < -0.3 is 15.2 Å². The highest BCUT2D eigenvalue weighted by Crippen LogP contribution is 2.26. The third kappa shape index (κ3) is 3.80. The van der Waals surface area contributed by atoms with Crippen molar-refractivity contribution in [3.05, 3.63) is 44.4 Å². The number of aryl methyl sites for hydroxylation is 1. The standard InChI is InChI=1S/C15H15ClN2O4S/c1-7-12(15(20)21)23-14(18-7)8(2)17-13(19)10-5-4-9(16)6-11(10)22-3/h4-6,8H,1-3H3,(H,17,19)(H,20,21). The molecule has 1 atom stereocenters. The van der Waals surface area contributed by atoms with E-state index < -0.39 is 12.0 Å². The number of methoxy groups -OCH3 is 1. The molecule has 6 nitrogen and oxygen atoms in total. The van der Waals surface area contributed by atoms with Gasteiger partial charge in [0, 0.05) is 5.02 Å². The summed E-state index contributed by atoms with van der Waals surface area (Å²) in [4.78, 5) is 27.8. The number of ether oxygens (including phenoxy) is 1. The Labute approximate surface area is 142 Å². The van der Waals surface area contributed by atoms with Gasteiger partial charge in [-0.15, -0.1) is 11.3 Å². The number of hydrogen-bond acceptors (Lipinski definition) is 5. The molecule has 2 rings (SSSR count). The van der Waals surface area contributed by atoms with Crippen molar-refractivity contribution in [2.75, 3.05) is 7.11 Å². The molecule has 0 radical (unpaired) electrons. The fraction of sp³-hybridized carbons (Fsp3) is 0.267. The van der Waals surface area contributed by atoms with Gasteiger partial charge in [-0.3, -0.25) is 4.79 Å². The summed E-state index contributed by atoms with van der Waals surface area (Å²) >= 11 is 6.92. The molecule has 23 heavy (non-hydrogen) atoms. The van der Waals surface area contributed by atoms with E-state index in [2.05, 4.69) is 10.3 Å². The number of carbonyl (C=O) groups is 2. The molecule has 0 spiro atoms. The average molecular weight is 355 g/mol. The molecule has 0 aliphatic rings. The minimum atomic E-state index is -1.02.